The van der Waals surface area contributed by atoms with Gasteiger partial charge in [-0.1, -0.05) is 30.2 Å². The standard InChI is InChI=1S/C20H16BrN5O2/c1-3-4-11-25-16-17(23-19(25)21)24(2)20(28)26(18(16)27)12-15-14-8-6-5-7-13(14)9-10-22-15/h5-10H,11-12H2,1-2H3. The minimum atomic E-state index is -0.439. The van der Waals surface area contributed by atoms with Crippen LogP contribution in [-0.2, 0) is 20.1 Å². The normalized spacial score (nSPS) is 11.0. The zero-order chi connectivity index (χ0) is 19.8. The molecule has 0 N–H and O–H groups in total. The van der Waals surface area contributed by atoms with Gasteiger partial charge in [0.05, 0.1) is 18.8 Å². The van der Waals surface area contributed by atoms with Gasteiger partial charge in [0.2, 0.25) is 0 Å². The number of fused-ring (bicyclic) bond motifs is 2. The van der Waals surface area contributed by atoms with Crippen molar-refractivity contribution in [3.8, 4) is 11.8 Å². The monoisotopic (exact) mass is 437 g/mol. The fourth-order valence-corrected chi connectivity index (χ4v) is 3.72. The van der Waals surface area contributed by atoms with Gasteiger partial charge in [-0.2, -0.15) is 0 Å². The van der Waals surface area contributed by atoms with Crippen molar-refractivity contribution < 1.29 is 0 Å². The van der Waals surface area contributed by atoms with Crippen LogP contribution < -0.4 is 11.2 Å². The Hall–Kier alpha value is -3.18. The molecule has 0 aliphatic heterocycles. The summed E-state index contributed by atoms with van der Waals surface area (Å²) in [4.78, 5) is 34.9. The van der Waals surface area contributed by atoms with Crippen LogP contribution in [0.15, 0.2) is 50.9 Å². The molecule has 0 spiro atoms. The molecule has 8 heteroatoms. The van der Waals surface area contributed by atoms with Gasteiger partial charge in [-0.15, -0.1) is 5.92 Å². The molecule has 0 bridgehead atoms. The molecule has 0 fully saturated rings. The maximum atomic E-state index is 13.2. The number of hydrogen-bond donors (Lipinski definition) is 0. The Labute approximate surface area is 168 Å². The van der Waals surface area contributed by atoms with Gasteiger partial charge < -0.3 is 4.57 Å². The van der Waals surface area contributed by atoms with E-state index >= 15 is 0 Å². The smallest absolute Gasteiger partial charge is 0.301 e. The minimum Gasteiger partial charge on any atom is -0.301 e. The summed E-state index contributed by atoms with van der Waals surface area (Å²) < 4.78 is 4.70. The molecular weight excluding hydrogens is 422 g/mol. The summed E-state index contributed by atoms with van der Waals surface area (Å²) in [5.74, 6) is 5.74. The van der Waals surface area contributed by atoms with Crippen molar-refractivity contribution in [3.63, 3.8) is 0 Å². The number of aryl methyl sites for hydroxylation is 1. The fraction of sp³-hybridized carbons (Fsp3) is 0.200. The minimum absolute atomic E-state index is 0.0745. The summed E-state index contributed by atoms with van der Waals surface area (Å²) >= 11 is 3.36. The lowest BCUT2D eigenvalue weighted by molar-refractivity contribution is 0.647. The van der Waals surface area contributed by atoms with E-state index in [0.717, 1.165) is 10.8 Å². The topological polar surface area (TPSA) is 74.7 Å². The van der Waals surface area contributed by atoms with Gasteiger partial charge >= 0.3 is 5.69 Å². The van der Waals surface area contributed by atoms with Crippen molar-refractivity contribution >= 4 is 37.9 Å². The Morgan fingerprint density at radius 3 is 2.71 bits per heavy atom. The molecule has 28 heavy (non-hydrogen) atoms. The largest absolute Gasteiger partial charge is 0.332 e. The molecule has 0 saturated heterocycles. The molecule has 4 rings (SSSR count). The van der Waals surface area contributed by atoms with Crippen LogP contribution in [0.25, 0.3) is 21.9 Å². The molecule has 0 unspecified atom stereocenters. The number of pyridine rings is 1. The lowest BCUT2D eigenvalue weighted by Gasteiger charge is -2.10. The number of rotatable bonds is 3. The van der Waals surface area contributed by atoms with E-state index in [1.807, 2.05) is 30.3 Å². The fourth-order valence-electron chi connectivity index (χ4n) is 3.24. The van der Waals surface area contributed by atoms with Crippen LogP contribution >= 0.6 is 15.9 Å². The summed E-state index contributed by atoms with van der Waals surface area (Å²) in [7, 11) is 1.60. The van der Waals surface area contributed by atoms with E-state index in [4.69, 9.17) is 0 Å². The molecule has 140 valence electrons. The first-order chi connectivity index (χ1) is 13.5. The molecule has 3 heterocycles. The second-order valence-electron chi connectivity index (χ2n) is 6.28. The van der Waals surface area contributed by atoms with Crippen molar-refractivity contribution in [1.82, 2.24) is 23.7 Å². The van der Waals surface area contributed by atoms with E-state index in [-0.39, 0.29) is 6.54 Å². The number of hydrogen-bond acceptors (Lipinski definition) is 4. The van der Waals surface area contributed by atoms with Crippen LogP contribution in [0.1, 0.15) is 12.6 Å². The first-order valence-electron chi connectivity index (χ1n) is 8.60. The van der Waals surface area contributed by atoms with Crippen molar-refractivity contribution in [2.75, 3.05) is 0 Å². The van der Waals surface area contributed by atoms with Gasteiger partial charge in [-0.25, -0.2) is 9.78 Å². The zero-order valence-corrected chi connectivity index (χ0v) is 16.9. The SMILES string of the molecule is CC#CCn1c(Br)nc2c1c(=O)n(Cc1nccc3ccccc13)c(=O)n2C. The van der Waals surface area contributed by atoms with Gasteiger partial charge in [-0.3, -0.25) is 18.9 Å². The highest BCUT2D eigenvalue weighted by Crippen LogP contribution is 2.18. The Morgan fingerprint density at radius 1 is 1.14 bits per heavy atom. The van der Waals surface area contributed by atoms with Crippen LogP contribution in [-0.4, -0.2) is 23.7 Å². The molecule has 0 atom stereocenters. The van der Waals surface area contributed by atoms with E-state index in [9.17, 15) is 9.59 Å². The molecule has 0 aliphatic carbocycles. The third-order valence-corrected chi connectivity index (χ3v) is 5.27. The number of imidazole rings is 1. The summed E-state index contributed by atoms with van der Waals surface area (Å²) in [6.45, 7) is 2.10. The second kappa shape index (κ2) is 7.09. The molecule has 3 aromatic heterocycles. The van der Waals surface area contributed by atoms with E-state index in [1.54, 1.807) is 24.7 Å². The maximum absolute atomic E-state index is 13.2. The molecule has 4 aromatic rings. The first-order valence-corrected chi connectivity index (χ1v) is 9.40. The van der Waals surface area contributed by atoms with Crippen molar-refractivity contribution in [2.24, 2.45) is 7.05 Å². The van der Waals surface area contributed by atoms with Crippen LogP contribution in [0.5, 0.6) is 0 Å². The van der Waals surface area contributed by atoms with Gasteiger partial charge in [0, 0.05) is 18.6 Å². The second-order valence-corrected chi connectivity index (χ2v) is 6.99. The Balaban J connectivity index is 1.98. The van der Waals surface area contributed by atoms with Gasteiger partial charge in [-0.05, 0) is 34.3 Å². The molecule has 0 radical (unpaired) electrons. The van der Waals surface area contributed by atoms with Crippen LogP contribution in [0, 0.1) is 11.8 Å². The third kappa shape index (κ3) is 2.84. The zero-order valence-electron chi connectivity index (χ0n) is 15.3. The number of aromatic nitrogens is 5. The summed E-state index contributed by atoms with van der Waals surface area (Å²) in [6, 6.07) is 9.66. The Bertz CT molecular complexity index is 1400. The number of halogens is 1. The highest BCUT2D eigenvalue weighted by atomic mass is 79.9. The van der Waals surface area contributed by atoms with Crippen LogP contribution in [0.2, 0.25) is 0 Å². The Morgan fingerprint density at radius 2 is 1.93 bits per heavy atom. The predicted molar refractivity (Wildman–Crippen MR) is 111 cm³/mol. The average molecular weight is 438 g/mol. The number of nitrogens with zero attached hydrogens (tertiary/aromatic N) is 5. The predicted octanol–water partition coefficient (Wildman–Crippen LogP) is 2.28. The van der Waals surface area contributed by atoms with Gasteiger partial charge in [0.25, 0.3) is 5.56 Å². The molecular formula is C20H16BrN5O2. The van der Waals surface area contributed by atoms with Gasteiger partial charge in [0.15, 0.2) is 15.9 Å². The lowest BCUT2D eigenvalue weighted by Crippen LogP contribution is -2.40. The van der Waals surface area contributed by atoms with Crippen molar-refractivity contribution in [2.45, 2.75) is 20.0 Å². The molecule has 0 saturated carbocycles. The summed E-state index contributed by atoms with van der Waals surface area (Å²) in [5, 5.41) is 1.91. The van der Waals surface area contributed by atoms with E-state index in [2.05, 4.69) is 37.7 Å². The van der Waals surface area contributed by atoms with E-state index in [0.29, 0.717) is 28.1 Å². The van der Waals surface area contributed by atoms with Crippen molar-refractivity contribution in [3.05, 3.63) is 67.8 Å². The summed E-state index contributed by atoms with van der Waals surface area (Å²) in [6.07, 6.45) is 1.68. The van der Waals surface area contributed by atoms with E-state index in [1.165, 1.54) is 9.13 Å². The molecule has 1 aromatic carbocycles. The highest BCUT2D eigenvalue weighted by Gasteiger charge is 2.19. The van der Waals surface area contributed by atoms with E-state index < -0.39 is 11.2 Å². The Kier molecular flexibility index (Phi) is 4.61. The average Bonchev–Trinajstić information content (AvgIpc) is 3.04. The first kappa shape index (κ1) is 18.2. The molecule has 0 amide bonds. The van der Waals surface area contributed by atoms with Crippen molar-refractivity contribution in [1.29, 1.82) is 0 Å². The lowest BCUT2D eigenvalue weighted by atomic mass is 10.1. The van der Waals surface area contributed by atoms with Crippen LogP contribution in [0.3, 0.4) is 0 Å². The quantitative estimate of drug-likeness (QED) is 0.364. The highest BCUT2D eigenvalue weighted by molar-refractivity contribution is 9.10. The number of benzene rings is 1. The van der Waals surface area contributed by atoms with Gasteiger partial charge in [0.1, 0.15) is 0 Å². The summed E-state index contributed by atoms with van der Waals surface area (Å²) in [5.41, 5.74) is 0.462. The molecule has 7 nitrogen and oxygen atoms in total. The molecule has 0 aliphatic rings. The third-order valence-electron chi connectivity index (χ3n) is 4.66. The van der Waals surface area contributed by atoms with Crippen LogP contribution in [0.4, 0.5) is 0 Å². The maximum Gasteiger partial charge on any atom is 0.332 e.